The van der Waals surface area contributed by atoms with Gasteiger partial charge in [0.1, 0.15) is 5.75 Å². The predicted octanol–water partition coefficient (Wildman–Crippen LogP) is 3.04. The summed E-state index contributed by atoms with van der Waals surface area (Å²) in [6, 6.07) is 10.8. The highest BCUT2D eigenvalue weighted by molar-refractivity contribution is 5.33. The summed E-state index contributed by atoms with van der Waals surface area (Å²) < 4.78 is 7.57. The molecule has 3 nitrogen and oxygen atoms in total. The first-order chi connectivity index (χ1) is 9.19. The number of ether oxygens (including phenoxy) is 1. The number of nitrogens with one attached hydrogen (secondary N) is 1. The molecule has 2 rings (SSSR count). The van der Waals surface area contributed by atoms with Gasteiger partial charge < -0.3 is 14.6 Å². The molecule has 0 radical (unpaired) electrons. The van der Waals surface area contributed by atoms with Gasteiger partial charge in [0.2, 0.25) is 0 Å². The van der Waals surface area contributed by atoms with Crippen molar-refractivity contribution in [3.8, 4) is 5.75 Å². The quantitative estimate of drug-likeness (QED) is 0.862. The number of para-hydroxylation sites is 1. The van der Waals surface area contributed by atoms with Crippen LogP contribution in [-0.4, -0.2) is 17.7 Å². The summed E-state index contributed by atoms with van der Waals surface area (Å²) >= 11 is 0. The number of methoxy groups -OCH3 is 1. The summed E-state index contributed by atoms with van der Waals surface area (Å²) in [4.78, 5) is 0. The van der Waals surface area contributed by atoms with Crippen LogP contribution in [0.2, 0.25) is 0 Å². The molecule has 1 N–H and O–H groups in total. The Hall–Kier alpha value is -1.74. The van der Waals surface area contributed by atoms with Crippen LogP contribution in [0.15, 0.2) is 42.7 Å². The van der Waals surface area contributed by atoms with Crippen LogP contribution in [0.25, 0.3) is 0 Å². The molecular formula is C16H22N2O. The SMILES string of the molecule is COc1ccccc1Cn1ccc(CNC(C)C)c1. The Morgan fingerprint density at radius 1 is 1.21 bits per heavy atom. The Kier molecular flexibility index (Phi) is 4.63. The normalized spacial score (nSPS) is 10.9. The molecule has 0 amide bonds. The molecule has 1 heterocycles. The zero-order valence-corrected chi connectivity index (χ0v) is 11.9. The average molecular weight is 258 g/mol. The maximum absolute atomic E-state index is 5.38. The molecule has 102 valence electrons. The molecule has 0 fully saturated rings. The van der Waals surface area contributed by atoms with E-state index in [-0.39, 0.29) is 0 Å². The van der Waals surface area contributed by atoms with Gasteiger partial charge in [0, 0.05) is 30.5 Å². The molecule has 3 heteroatoms. The molecule has 0 unspecified atom stereocenters. The number of benzene rings is 1. The summed E-state index contributed by atoms with van der Waals surface area (Å²) in [6.07, 6.45) is 4.30. The lowest BCUT2D eigenvalue weighted by Crippen LogP contribution is -2.21. The Labute approximate surface area is 115 Å². The van der Waals surface area contributed by atoms with E-state index in [4.69, 9.17) is 4.74 Å². The minimum Gasteiger partial charge on any atom is -0.496 e. The van der Waals surface area contributed by atoms with Gasteiger partial charge in [-0.1, -0.05) is 32.0 Å². The van der Waals surface area contributed by atoms with Crippen molar-refractivity contribution in [3.63, 3.8) is 0 Å². The minimum atomic E-state index is 0.512. The standard InChI is InChI=1S/C16H22N2O/c1-13(2)17-10-14-8-9-18(11-14)12-15-6-4-5-7-16(15)19-3/h4-9,11,13,17H,10,12H2,1-3H3. The van der Waals surface area contributed by atoms with Crippen LogP contribution >= 0.6 is 0 Å². The topological polar surface area (TPSA) is 26.2 Å². The first kappa shape index (κ1) is 13.7. The lowest BCUT2D eigenvalue weighted by molar-refractivity contribution is 0.408. The molecular weight excluding hydrogens is 236 g/mol. The molecule has 19 heavy (non-hydrogen) atoms. The van der Waals surface area contributed by atoms with Gasteiger partial charge in [-0.3, -0.25) is 0 Å². The molecule has 0 bridgehead atoms. The summed E-state index contributed by atoms with van der Waals surface area (Å²) in [5, 5.41) is 3.42. The molecule has 1 aromatic carbocycles. The highest BCUT2D eigenvalue weighted by Crippen LogP contribution is 2.18. The third kappa shape index (κ3) is 3.86. The van der Waals surface area contributed by atoms with Crippen molar-refractivity contribution in [2.24, 2.45) is 0 Å². The van der Waals surface area contributed by atoms with Crippen LogP contribution in [0.1, 0.15) is 25.0 Å². The van der Waals surface area contributed by atoms with Crippen molar-refractivity contribution in [3.05, 3.63) is 53.9 Å². The fraction of sp³-hybridized carbons (Fsp3) is 0.375. The van der Waals surface area contributed by atoms with Gasteiger partial charge in [0.15, 0.2) is 0 Å². The fourth-order valence-corrected chi connectivity index (χ4v) is 2.05. The second-order valence-corrected chi connectivity index (χ2v) is 5.04. The molecule has 0 aliphatic heterocycles. The second-order valence-electron chi connectivity index (χ2n) is 5.04. The largest absolute Gasteiger partial charge is 0.496 e. The number of hydrogen-bond acceptors (Lipinski definition) is 2. The number of hydrogen-bond donors (Lipinski definition) is 1. The zero-order valence-electron chi connectivity index (χ0n) is 11.9. The van der Waals surface area contributed by atoms with E-state index in [1.54, 1.807) is 7.11 Å². The summed E-state index contributed by atoms with van der Waals surface area (Å²) in [5.74, 6) is 0.943. The molecule has 0 saturated heterocycles. The molecule has 0 atom stereocenters. The molecule has 2 aromatic rings. The number of nitrogens with zero attached hydrogens (tertiary/aromatic N) is 1. The van der Waals surface area contributed by atoms with Crippen molar-refractivity contribution in [2.45, 2.75) is 33.0 Å². The van der Waals surface area contributed by atoms with E-state index >= 15 is 0 Å². The van der Waals surface area contributed by atoms with E-state index in [9.17, 15) is 0 Å². The first-order valence-electron chi connectivity index (χ1n) is 6.69. The summed E-state index contributed by atoms with van der Waals surface area (Å²) in [6.45, 7) is 6.07. The van der Waals surface area contributed by atoms with Crippen LogP contribution < -0.4 is 10.1 Å². The Bertz CT molecular complexity index is 517. The van der Waals surface area contributed by atoms with Gasteiger partial charge in [0.25, 0.3) is 0 Å². The third-order valence-electron chi connectivity index (χ3n) is 3.07. The Balaban J connectivity index is 2.03. The van der Waals surface area contributed by atoms with E-state index < -0.39 is 0 Å². The van der Waals surface area contributed by atoms with Gasteiger partial charge in [-0.2, -0.15) is 0 Å². The lowest BCUT2D eigenvalue weighted by atomic mass is 10.2. The van der Waals surface area contributed by atoms with E-state index in [0.29, 0.717) is 6.04 Å². The highest BCUT2D eigenvalue weighted by atomic mass is 16.5. The summed E-state index contributed by atoms with van der Waals surface area (Å²) in [7, 11) is 1.71. The smallest absolute Gasteiger partial charge is 0.123 e. The highest BCUT2D eigenvalue weighted by Gasteiger charge is 2.03. The average Bonchev–Trinajstić information content (AvgIpc) is 2.85. The first-order valence-corrected chi connectivity index (χ1v) is 6.69. The van der Waals surface area contributed by atoms with Gasteiger partial charge in [-0.05, 0) is 17.7 Å². The lowest BCUT2D eigenvalue weighted by Gasteiger charge is -2.09. The maximum Gasteiger partial charge on any atom is 0.123 e. The third-order valence-corrected chi connectivity index (χ3v) is 3.07. The van der Waals surface area contributed by atoms with Crippen molar-refractivity contribution < 1.29 is 4.74 Å². The van der Waals surface area contributed by atoms with Gasteiger partial charge in [0.05, 0.1) is 13.7 Å². The van der Waals surface area contributed by atoms with E-state index in [1.807, 2.05) is 18.2 Å². The minimum absolute atomic E-state index is 0.512. The van der Waals surface area contributed by atoms with Crippen molar-refractivity contribution in [1.82, 2.24) is 9.88 Å². The number of aromatic nitrogens is 1. The molecule has 0 spiro atoms. The zero-order chi connectivity index (χ0) is 13.7. The van der Waals surface area contributed by atoms with E-state index in [0.717, 1.165) is 18.8 Å². The van der Waals surface area contributed by atoms with Crippen LogP contribution in [0.5, 0.6) is 5.75 Å². The predicted molar refractivity (Wildman–Crippen MR) is 78.5 cm³/mol. The van der Waals surface area contributed by atoms with Gasteiger partial charge >= 0.3 is 0 Å². The fourth-order valence-electron chi connectivity index (χ4n) is 2.05. The van der Waals surface area contributed by atoms with E-state index in [2.05, 4.69) is 48.3 Å². The van der Waals surface area contributed by atoms with Crippen molar-refractivity contribution in [2.75, 3.05) is 7.11 Å². The Morgan fingerprint density at radius 2 is 2.00 bits per heavy atom. The Morgan fingerprint density at radius 3 is 2.74 bits per heavy atom. The van der Waals surface area contributed by atoms with E-state index in [1.165, 1.54) is 11.1 Å². The molecule has 1 aromatic heterocycles. The van der Waals surface area contributed by atoms with Crippen LogP contribution in [0.3, 0.4) is 0 Å². The van der Waals surface area contributed by atoms with Crippen LogP contribution in [-0.2, 0) is 13.1 Å². The van der Waals surface area contributed by atoms with Gasteiger partial charge in [-0.15, -0.1) is 0 Å². The molecule has 0 aliphatic rings. The molecule has 0 saturated carbocycles. The van der Waals surface area contributed by atoms with Crippen LogP contribution in [0, 0.1) is 0 Å². The number of rotatable bonds is 6. The van der Waals surface area contributed by atoms with Gasteiger partial charge in [-0.25, -0.2) is 0 Å². The van der Waals surface area contributed by atoms with Crippen LogP contribution in [0.4, 0.5) is 0 Å². The summed E-state index contributed by atoms with van der Waals surface area (Å²) in [5.41, 5.74) is 2.51. The monoisotopic (exact) mass is 258 g/mol. The second kappa shape index (κ2) is 6.43. The van der Waals surface area contributed by atoms with Crippen molar-refractivity contribution >= 4 is 0 Å². The molecule has 0 aliphatic carbocycles. The van der Waals surface area contributed by atoms with Crippen molar-refractivity contribution in [1.29, 1.82) is 0 Å². The maximum atomic E-state index is 5.38.